The van der Waals surface area contributed by atoms with Gasteiger partial charge in [-0.1, -0.05) is 42.5 Å². The molecule has 0 saturated carbocycles. The summed E-state index contributed by atoms with van der Waals surface area (Å²) < 4.78 is 45.1. The van der Waals surface area contributed by atoms with Gasteiger partial charge in [0.25, 0.3) is 0 Å². The minimum atomic E-state index is -4.58. The predicted molar refractivity (Wildman–Crippen MR) is 97.5 cm³/mol. The number of aromatic nitrogens is 2. The van der Waals surface area contributed by atoms with E-state index in [2.05, 4.69) is 15.3 Å². The van der Waals surface area contributed by atoms with Crippen LogP contribution in [-0.2, 0) is 6.18 Å². The van der Waals surface area contributed by atoms with Crippen LogP contribution in [0.1, 0.15) is 24.2 Å². The molecule has 0 amide bonds. The average Bonchev–Trinajstić information content (AvgIpc) is 2.67. The van der Waals surface area contributed by atoms with Crippen molar-refractivity contribution in [3.8, 4) is 17.0 Å². The number of anilines is 1. The molecule has 3 rings (SSSR count). The van der Waals surface area contributed by atoms with Gasteiger partial charge in [0.2, 0.25) is 5.95 Å². The third-order valence-corrected chi connectivity index (χ3v) is 4.03. The second-order valence-corrected chi connectivity index (χ2v) is 5.97. The zero-order valence-electron chi connectivity index (χ0n) is 14.8. The predicted octanol–water partition coefficient (Wildman–Crippen LogP) is 5.34. The molecule has 0 spiro atoms. The second-order valence-electron chi connectivity index (χ2n) is 5.97. The van der Waals surface area contributed by atoms with Crippen LogP contribution in [-0.4, -0.2) is 17.1 Å². The summed E-state index contributed by atoms with van der Waals surface area (Å²) in [6.45, 7) is 1.84. The van der Waals surface area contributed by atoms with Crippen molar-refractivity contribution in [2.24, 2.45) is 0 Å². The molecule has 0 aliphatic rings. The van der Waals surface area contributed by atoms with Crippen LogP contribution in [0.5, 0.6) is 5.75 Å². The summed E-state index contributed by atoms with van der Waals surface area (Å²) in [6.07, 6.45) is -4.58. The number of nitrogens with one attached hydrogen (secondary N) is 1. The van der Waals surface area contributed by atoms with Gasteiger partial charge in [-0.3, -0.25) is 0 Å². The molecule has 0 unspecified atom stereocenters. The number of rotatable bonds is 5. The van der Waals surface area contributed by atoms with Gasteiger partial charge in [-0.15, -0.1) is 0 Å². The monoisotopic (exact) mass is 373 g/mol. The fourth-order valence-electron chi connectivity index (χ4n) is 2.61. The van der Waals surface area contributed by atoms with E-state index in [1.54, 1.807) is 24.3 Å². The molecule has 1 atom stereocenters. The summed E-state index contributed by atoms with van der Waals surface area (Å²) in [6, 6.07) is 16.8. The maximum absolute atomic E-state index is 13.3. The van der Waals surface area contributed by atoms with Crippen molar-refractivity contribution in [1.29, 1.82) is 0 Å². The first-order chi connectivity index (χ1) is 12.9. The number of halogens is 3. The van der Waals surface area contributed by atoms with E-state index >= 15 is 0 Å². The van der Waals surface area contributed by atoms with E-state index in [-0.39, 0.29) is 17.7 Å². The van der Waals surface area contributed by atoms with E-state index in [1.165, 1.54) is 7.11 Å². The Bertz CT molecular complexity index is 914. The van der Waals surface area contributed by atoms with Gasteiger partial charge in [-0.2, -0.15) is 13.2 Å². The maximum Gasteiger partial charge on any atom is 0.433 e. The third-order valence-electron chi connectivity index (χ3n) is 4.03. The highest BCUT2D eigenvalue weighted by Crippen LogP contribution is 2.32. The van der Waals surface area contributed by atoms with Crippen molar-refractivity contribution >= 4 is 5.95 Å². The lowest BCUT2D eigenvalue weighted by molar-refractivity contribution is -0.141. The first-order valence-corrected chi connectivity index (χ1v) is 8.29. The molecule has 0 aliphatic heterocycles. The van der Waals surface area contributed by atoms with Gasteiger partial charge in [0.05, 0.1) is 18.8 Å². The Kier molecular flexibility index (Phi) is 5.30. The summed E-state index contributed by atoms with van der Waals surface area (Å²) in [4.78, 5) is 7.94. The molecular weight excluding hydrogens is 355 g/mol. The zero-order chi connectivity index (χ0) is 19.4. The molecule has 2 aromatic carbocycles. The van der Waals surface area contributed by atoms with E-state index in [1.807, 2.05) is 37.3 Å². The smallest absolute Gasteiger partial charge is 0.433 e. The van der Waals surface area contributed by atoms with E-state index < -0.39 is 11.9 Å². The van der Waals surface area contributed by atoms with Crippen LogP contribution in [0, 0.1) is 0 Å². The fraction of sp³-hybridized carbons (Fsp3) is 0.200. The first kappa shape index (κ1) is 18.7. The summed E-state index contributed by atoms with van der Waals surface area (Å²) in [5.74, 6) is 0.450. The third kappa shape index (κ3) is 4.55. The van der Waals surface area contributed by atoms with Crippen LogP contribution in [0.25, 0.3) is 11.3 Å². The highest BCUT2D eigenvalue weighted by molar-refractivity contribution is 5.63. The quantitative estimate of drug-likeness (QED) is 0.655. The number of alkyl halides is 3. The van der Waals surface area contributed by atoms with Crippen molar-refractivity contribution in [1.82, 2.24) is 9.97 Å². The molecule has 1 N–H and O–H groups in total. The van der Waals surface area contributed by atoms with Crippen molar-refractivity contribution < 1.29 is 17.9 Å². The summed E-state index contributed by atoms with van der Waals surface area (Å²) >= 11 is 0. The Morgan fingerprint density at radius 2 is 1.70 bits per heavy atom. The zero-order valence-corrected chi connectivity index (χ0v) is 14.8. The van der Waals surface area contributed by atoms with Crippen LogP contribution in [0.4, 0.5) is 19.1 Å². The normalized spacial score (nSPS) is 12.5. The minimum absolute atomic E-state index is 0.0843. The van der Waals surface area contributed by atoms with Crippen LogP contribution >= 0.6 is 0 Å². The van der Waals surface area contributed by atoms with Crippen LogP contribution in [0.2, 0.25) is 0 Å². The Hall–Kier alpha value is -3.09. The number of nitrogens with zero attached hydrogens (tertiary/aromatic N) is 2. The average molecular weight is 373 g/mol. The minimum Gasteiger partial charge on any atom is -0.497 e. The summed E-state index contributed by atoms with van der Waals surface area (Å²) in [5.41, 5.74) is 0.594. The largest absolute Gasteiger partial charge is 0.497 e. The molecule has 27 heavy (non-hydrogen) atoms. The highest BCUT2D eigenvalue weighted by atomic mass is 19.4. The van der Waals surface area contributed by atoms with Gasteiger partial charge in [-0.05, 0) is 30.7 Å². The van der Waals surface area contributed by atoms with Crippen LogP contribution in [0.15, 0.2) is 60.7 Å². The Balaban J connectivity index is 2.00. The molecule has 1 aromatic heterocycles. The number of hydrogen-bond donors (Lipinski definition) is 1. The number of benzene rings is 2. The Labute approximate surface area is 155 Å². The van der Waals surface area contributed by atoms with Crippen molar-refractivity contribution in [3.63, 3.8) is 0 Å². The molecule has 0 aliphatic carbocycles. The lowest BCUT2D eigenvalue weighted by Crippen LogP contribution is -2.14. The van der Waals surface area contributed by atoms with Gasteiger partial charge in [0.15, 0.2) is 5.69 Å². The van der Waals surface area contributed by atoms with E-state index in [4.69, 9.17) is 4.74 Å². The standard InChI is InChI=1S/C20H18F3N3O/c1-13(14-7-4-3-5-8-14)24-19-25-17(12-18(26-19)20(21,22)23)15-9-6-10-16(11-15)27-2/h3-13H,1-2H3,(H,24,25,26)/t13-/m0/s1. The molecule has 0 bridgehead atoms. The number of ether oxygens (including phenoxy) is 1. The van der Waals surface area contributed by atoms with E-state index in [0.717, 1.165) is 11.6 Å². The van der Waals surface area contributed by atoms with Crippen molar-refractivity contribution in [2.45, 2.75) is 19.1 Å². The van der Waals surface area contributed by atoms with Gasteiger partial charge < -0.3 is 10.1 Å². The Morgan fingerprint density at radius 3 is 2.37 bits per heavy atom. The van der Waals surface area contributed by atoms with Gasteiger partial charge >= 0.3 is 6.18 Å². The molecule has 7 heteroatoms. The molecule has 4 nitrogen and oxygen atoms in total. The van der Waals surface area contributed by atoms with Crippen molar-refractivity contribution in [3.05, 3.63) is 71.9 Å². The summed E-state index contributed by atoms with van der Waals surface area (Å²) in [5, 5.41) is 2.96. The Morgan fingerprint density at radius 1 is 0.963 bits per heavy atom. The van der Waals surface area contributed by atoms with Gasteiger partial charge in [0.1, 0.15) is 5.75 Å². The highest BCUT2D eigenvalue weighted by Gasteiger charge is 2.34. The second kappa shape index (κ2) is 7.65. The van der Waals surface area contributed by atoms with E-state index in [9.17, 15) is 13.2 Å². The molecule has 1 heterocycles. The lowest BCUT2D eigenvalue weighted by atomic mass is 10.1. The summed E-state index contributed by atoms with van der Waals surface area (Å²) in [7, 11) is 1.49. The molecule has 0 fully saturated rings. The van der Waals surface area contributed by atoms with Crippen LogP contribution < -0.4 is 10.1 Å². The fourth-order valence-corrected chi connectivity index (χ4v) is 2.61. The number of methoxy groups -OCH3 is 1. The van der Waals surface area contributed by atoms with Crippen molar-refractivity contribution in [2.75, 3.05) is 12.4 Å². The lowest BCUT2D eigenvalue weighted by Gasteiger charge is -2.16. The topological polar surface area (TPSA) is 47.0 Å². The van der Waals surface area contributed by atoms with Gasteiger partial charge in [-0.25, -0.2) is 9.97 Å². The SMILES string of the molecule is COc1cccc(-c2cc(C(F)(F)F)nc(N[C@@H](C)c3ccccc3)n2)c1. The molecular formula is C20H18F3N3O. The molecule has 3 aromatic rings. The molecule has 140 valence electrons. The molecule has 0 saturated heterocycles. The number of hydrogen-bond acceptors (Lipinski definition) is 4. The maximum atomic E-state index is 13.3. The molecule has 0 radical (unpaired) electrons. The van der Waals surface area contributed by atoms with E-state index in [0.29, 0.717) is 11.3 Å². The van der Waals surface area contributed by atoms with Crippen LogP contribution in [0.3, 0.4) is 0 Å². The first-order valence-electron chi connectivity index (χ1n) is 8.29. The van der Waals surface area contributed by atoms with Gasteiger partial charge in [0, 0.05) is 5.56 Å².